The van der Waals surface area contributed by atoms with Gasteiger partial charge >= 0.3 is 0 Å². The van der Waals surface area contributed by atoms with Crippen molar-refractivity contribution in [2.75, 3.05) is 5.75 Å². The Balaban J connectivity index is 2.53. The first-order chi connectivity index (χ1) is 7.72. The van der Waals surface area contributed by atoms with Gasteiger partial charge in [-0.05, 0) is 0 Å². The van der Waals surface area contributed by atoms with Gasteiger partial charge in [0.15, 0.2) is 5.17 Å². The van der Waals surface area contributed by atoms with Gasteiger partial charge in [-0.25, -0.2) is 0 Å². The largest absolute Gasteiger partial charge is 0.377 e. The van der Waals surface area contributed by atoms with E-state index in [1.54, 1.807) is 6.08 Å². The fourth-order valence-electron chi connectivity index (χ4n) is 0.753. The van der Waals surface area contributed by atoms with Crippen LogP contribution in [-0.4, -0.2) is 22.2 Å². The summed E-state index contributed by atoms with van der Waals surface area (Å²) >= 11 is 1.33. The van der Waals surface area contributed by atoms with E-state index in [-0.39, 0.29) is 4.90 Å². The summed E-state index contributed by atoms with van der Waals surface area (Å²) < 4.78 is 12.4. The Hall–Kier alpha value is -1.76. The van der Waals surface area contributed by atoms with Crippen LogP contribution in [0.1, 0.15) is 5.56 Å². The SMILES string of the molecule is C=CCS/C(N)=N\N=C\c1cc[n+](F)nc1. The molecule has 1 heterocycles. The molecule has 1 rings (SSSR count). The molecule has 0 aliphatic rings. The van der Waals surface area contributed by atoms with Gasteiger partial charge < -0.3 is 5.73 Å². The maximum Gasteiger partial charge on any atom is 0.251 e. The Labute approximate surface area is 96.5 Å². The molecule has 0 saturated heterocycles. The van der Waals surface area contributed by atoms with Crippen LogP contribution in [0.2, 0.25) is 0 Å². The fourth-order valence-corrected chi connectivity index (χ4v) is 1.15. The minimum absolute atomic E-state index is 0.203. The normalized spacial score (nSPS) is 11.9. The molecule has 0 fully saturated rings. The smallest absolute Gasteiger partial charge is 0.251 e. The van der Waals surface area contributed by atoms with E-state index in [2.05, 4.69) is 21.9 Å². The van der Waals surface area contributed by atoms with Crippen molar-refractivity contribution in [1.82, 2.24) is 5.10 Å². The zero-order valence-corrected chi connectivity index (χ0v) is 9.27. The summed E-state index contributed by atoms with van der Waals surface area (Å²) in [5.41, 5.74) is 6.16. The van der Waals surface area contributed by atoms with Crippen molar-refractivity contribution >= 4 is 23.1 Å². The summed E-state index contributed by atoms with van der Waals surface area (Å²) in [6.45, 7) is 3.55. The molecule has 0 radical (unpaired) electrons. The summed E-state index contributed by atoms with van der Waals surface area (Å²) in [6.07, 6.45) is 5.65. The molecular formula is C9H11FN5S+. The highest BCUT2D eigenvalue weighted by Gasteiger charge is 1.97. The molecule has 2 N–H and O–H groups in total. The number of halogens is 1. The molecule has 0 unspecified atom stereocenters. The molecule has 0 saturated carbocycles. The quantitative estimate of drug-likeness (QED) is 0.364. The Bertz CT molecular complexity index is 401. The minimum Gasteiger partial charge on any atom is -0.377 e. The van der Waals surface area contributed by atoms with Crippen molar-refractivity contribution in [3.05, 3.63) is 36.7 Å². The number of amidine groups is 1. The summed E-state index contributed by atoms with van der Waals surface area (Å²) in [5, 5.41) is 11.2. The average Bonchev–Trinajstić information content (AvgIpc) is 2.29. The summed E-state index contributed by atoms with van der Waals surface area (Å²) in [4.78, 5) is 0.203. The third kappa shape index (κ3) is 4.65. The number of thioether (sulfide) groups is 1. The number of nitrogens with zero attached hydrogens (tertiary/aromatic N) is 4. The van der Waals surface area contributed by atoms with Crippen LogP contribution in [-0.2, 0) is 0 Å². The van der Waals surface area contributed by atoms with Crippen molar-refractivity contribution in [2.45, 2.75) is 0 Å². The maximum atomic E-state index is 12.4. The Kier molecular flexibility index (Phi) is 5.13. The van der Waals surface area contributed by atoms with E-state index in [1.165, 1.54) is 36.4 Å². The Morgan fingerprint density at radius 3 is 3.19 bits per heavy atom. The van der Waals surface area contributed by atoms with Crippen molar-refractivity contribution in [1.29, 1.82) is 0 Å². The van der Waals surface area contributed by atoms with Gasteiger partial charge in [-0.15, -0.1) is 11.7 Å². The van der Waals surface area contributed by atoms with Gasteiger partial charge in [0.1, 0.15) is 15.6 Å². The highest BCUT2D eigenvalue weighted by Crippen LogP contribution is 1.99. The van der Waals surface area contributed by atoms with Crippen LogP contribution in [0.15, 0.2) is 41.3 Å². The lowest BCUT2D eigenvalue weighted by Gasteiger charge is -1.92. The molecule has 1 aromatic rings. The van der Waals surface area contributed by atoms with Crippen LogP contribution in [0, 0.1) is 0 Å². The fraction of sp³-hybridized carbons (Fsp3) is 0.111. The van der Waals surface area contributed by atoms with Crippen molar-refractivity contribution in [3.8, 4) is 0 Å². The lowest BCUT2D eigenvalue weighted by molar-refractivity contribution is -0.891. The molecule has 0 aliphatic carbocycles. The van der Waals surface area contributed by atoms with E-state index in [0.29, 0.717) is 16.5 Å². The molecule has 0 bridgehead atoms. The number of hydrogen-bond donors (Lipinski definition) is 1. The number of rotatable bonds is 4. The molecule has 0 aromatic carbocycles. The summed E-state index contributed by atoms with van der Waals surface area (Å²) in [5.74, 6) is 0.680. The van der Waals surface area contributed by atoms with Crippen LogP contribution < -0.4 is 10.6 Å². The lowest BCUT2D eigenvalue weighted by atomic mass is 10.3. The molecule has 5 nitrogen and oxygen atoms in total. The molecule has 0 atom stereocenters. The van der Waals surface area contributed by atoms with Crippen LogP contribution in [0.3, 0.4) is 0 Å². The zero-order valence-electron chi connectivity index (χ0n) is 8.45. The molecule has 0 spiro atoms. The van der Waals surface area contributed by atoms with Gasteiger partial charge in [-0.3, -0.25) is 0 Å². The van der Waals surface area contributed by atoms with Gasteiger partial charge in [-0.2, -0.15) is 5.10 Å². The highest BCUT2D eigenvalue weighted by atomic mass is 32.2. The van der Waals surface area contributed by atoms with Gasteiger partial charge in [0.25, 0.3) is 6.20 Å². The molecule has 0 aliphatic heterocycles. The number of hydrogen-bond acceptors (Lipinski definition) is 4. The third-order valence-corrected chi connectivity index (χ3v) is 2.20. The van der Waals surface area contributed by atoms with Gasteiger partial charge in [0.05, 0.1) is 6.21 Å². The first-order valence-electron chi connectivity index (χ1n) is 4.36. The average molecular weight is 240 g/mol. The van der Waals surface area contributed by atoms with E-state index >= 15 is 0 Å². The Morgan fingerprint density at radius 1 is 1.75 bits per heavy atom. The Morgan fingerprint density at radius 2 is 2.56 bits per heavy atom. The van der Waals surface area contributed by atoms with Crippen LogP contribution in [0.5, 0.6) is 0 Å². The molecule has 16 heavy (non-hydrogen) atoms. The first kappa shape index (κ1) is 12.3. The molecule has 7 heteroatoms. The van der Waals surface area contributed by atoms with E-state index in [0.717, 1.165) is 0 Å². The molecule has 0 amide bonds. The lowest BCUT2D eigenvalue weighted by Crippen LogP contribution is -2.26. The second kappa shape index (κ2) is 6.67. The van der Waals surface area contributed by atoms with Crippen molar-refractivity contribution < 1.29 is 9.39 Å². The third-order valence-electron chi connectivity index (χ3n) is 1.42. The predicted molar refractivity (Wildman–Crippen MR) is 62.8 cm³/mol. The summed E-state index contributed by atoms with van der Waals surface area (Å²) in [7, 11) is 0. The predicted octanol–water partition coefficient (Wildman–Crippen LogP) is 0.670. The number of aromatic nitrogens is 2. The molecule has 1 aromatic heterocycles. The highest BCUT2D eigenvalue weighted by molar-refractivity contribution is 8.13. The molecule has 84 valence electrons. The van der Waals surface area contributed by atoms with Crippen LogP contribution in [0.4, 0.5) is 4.48 Å². The number of nitrogens with two attached hydrogens (primary N) is 1. The first-order valence-corrected chi connectivity index (χ1v) is 5.35. The van der Waals surface area contributed by atoms with E-state index in [4.69, 9.17) is 5.73 Å². The second-order valence-electron chi connectivity index (χ2n) is 2.63. The van der Waals surface area contributed by atoms with Gasteiger partial charge in [-0.1, -0.05) is 17.8 Å². The topological polar surface area (TPSA) is 67.5 Å². The zero-order chi connectivity index (χ0) is 11.8. The van der Waals surface area contributed by atoms with Crippen LogP contribution in [0.25, 0.3) is 0 Å². The van der Waals surface area contributed by atoms with Crippen LogP contribution >= 0.6 is 11.8 Å². The van der Waals surface area contributed by atoms with Gasteiger partial charge in [0, 0.05) is 22.5 Å². The standard InChI is InChI=1S/C9H10FN5S/c1-2-5-16-9(11)14-12-6-8-3-4-15(10)13-7-8/h2-4,6-7,11H,1,5H2/p+1. The second-order valence-corrected chi connectivity index (χ2v) is 3.67. The van der Waals surface area contributed by atoms with E-state index < -0.39 is 0 Å². The van der Waals surface area contributed by atoms with Gasteiger partial charge in [0.2, 0.25) is 0 Å². The summed E-state index contributed by atoms with van der Waals surface area (Å²) in [6, 6.07) is 1.51. The monoisotopic (exact) mass is 240 g/mol. The maximum absolute atomic E-state index is 12.4. The van der Waals surface area contributed by atoms with E-state index in [9.17, 15) is 4.48 Å². The minimum atomic E-state index is 0.203. The van der Waals surface area contributed by atoms with E-state index in [1.807, 2.05) is 0 Å². The molecular weight excluding hydrogens is 229 g/mol. The van der Waals surface area contributed by atoms with Crippen molar-refractivity contribution in [2.24, 2.45) is 15.9 Å². The van der Waals surface area contributed by atoms with Crippen molar-refractivity contribution in [3.63, 3.8) is 0 Å².